The van der Waals surface area contributed by atoms with E-state index in [9.17, 15) is 0 Å². The molecule has 0 saturated heterocycles. The van der Waals surface area contributed by atoms with E-state index in [4.69, 9.17) is 4.74 Å². The second-order valence-corrected chi connectivity index (χ2v) is 4.96. The highest BCUT2D eigenvalue weighted by Gasteiger charge is 2.26. The van der Waals surface area contributed by atoms with E-state index < -0.39 is 0 Å². The number of methoxy groups -OCH3 is 1. The maximum Gasteiger partial charge on any atom is 0.0663 e. The molecule has 1 aliphatic rings. The molecule has 100 valence electrons. The summed E-state index contributed by atoms with van der Waals surface area (Å²) in [7, 11) is 1.77. The van der Waals surface area contributed by atoms with Crippen molar-refractivity contribution in [2.45, 2.75) is 32.4 Å². The lowest BCUT2D eigenvalue weighted by atomic mass is 9.95. The van der Waals surface area contributed by atoms with Crippen molar-refractivity contribution in [3.8, 4) is 0 Å². The molecule has 0 radical (unpaired) electrons. The molecule has 0 fully saturated rings. The minimum atomic E-state index is 0.429. The summed E-state index contributed by atoms with van der Waals surface area (Å²) in [4.78, 5) is 2.46. The van der Waals surface area contributed by atoms with Gasteiger partial charge in [-0.25, -0.2) is 0 Å². The van der Waals surface area contributed by atoms with Crippen molar-refractivity contribution < 1.29 is 4.74 Å². The van der Waals surface area contributed by atoms with E-state index in [-0.39, 0.29) is 0 Å². The van der Waals surface area contributed by atoms with Crippen LogP contribution < -0.4 is 10.2 Å². The summed E-state index contributed by atoms with van der Waals surface area (Å²) >= 11 is 0. The lowest BCUT2D eigenvalue weighted by Crippen LogP contribution is -2.42. The Morgan fingerprint density at radius 1 is 1.44 bits per heavy atom. The number of nitrogens with one attached hydrogen (secondary N) is 1. The lowest BCUT2D eigenvalue weighted by Gasteiger charge is -2.39. The fourth-order valence-corrected chi connectivity index (χ4v) is 2.84. The van der Waals surface area contributed by atoms with Gasteiger partial charge in [0.05, 0.1) is 6.61 Å². The number of benzene rings is 1. The first kappa shape index (κ1) is 13.4. The molecule has 0 aromatic heterocycles. The molecule has 0 amide bonds. The van der Waals surface area contributed by atoms with Crippen molar-refractivity contribution in [3.05, 3.63) is 29.8 Å². The van der Waals surface area contributed by atoms with Gasteiger partial charge in [0.1, 0.15) is 0 Å². The van der Waals surface area contributed by atoms with Crippen LogP contribution in [0.3, 0.4) is 0 Å². The van der Waals surface area contributed by atoms with Gasteiger partial charge in [0.25, 0.3) is 0 Å². The molecule has 3 nitrogen and oxygen atoms in total. The summed E-state index contributed by atoms with van der Waals surface area (Å²) in [5.41, 5.74) is 2.79. The van der Waals surface area contributed by atoms with E-state index in [0.29, 0.717) is 12.1 Å². The molecule has 1 aromatic rings. The Hall–Kier alpha value is -1.06. The molecule has 1 N–H and O–H groups in total. The third-order valence-corrected chi connectivity index (χ3v) is 3.67. The number of fused-ring (bicyclic) bond motifs is 1. The van der Waals surface area contributed by atoms with Gasteiger partial charge < -0.3 is 15.0 Å². The average Bonchev–Trinajstić information content (AvgIpc) is 2.39. The predicted octanol–water partition coefficient (Wildman–Crippen LogP) is 2.58. The van der Waals surface area contributed by atoms with E-state index in [2.05, 4.69) is 48.3 Å². The topological polar surface area (TPSA) is 24.5 Å². The van der Waals surface area contributed by atoms with Crippen LogP contribution in [-0.4, -0.2) is 32.8 Å². The molecule has 18 heavy (non-hydrogen) atoms. The lowest BCUT2D eigenvalue weighted by molar-refractivity contribution is 0.180. The molecule has 0 spiro atoms. The van der Waals surface area contributed by atoms with E-state index in [1.165, 1.54) is 17.7 Å². The number of rotatable bonds is 5. The Morgan fingerprint density at radius 2 is 2.22 bits per heavy atom. The summed E-state index contributed by atoms with van der Waals surface area (Å²) in [6, 6.07) is 9.66. The smallest absolute Gasteiger partial charge is 0.0663 e. The van der Waals surface area contributed by atoms with Crippen LogP contribution in [0.5, 0.6) is 0 Å². The molecule has 1 aliphatic heterocycles. The molecule has 1 heterocycles. The van der Waals surface area contributed by atoms with Gasteiger partial charge >= 0.3 is 0 Å². The number of para-hydroxylation sites is 1. The van der Waals surface area contributed by atoms with Gasteiger partial charge in [0.15, 0.2) is 0 Å². The molecule has 0 saturated carbocycles. The Balaban J connectivity index is 2.24. The summed E-state index contributed by atoms with van der Waals surface area (Å²) in [6.45, 7) is 7.29. The molecule has 1 aromatic carbocycles. The largest absolute Gasteiger partial charge is 0.383 e. The third-order valence-electron chi connectivity index (χ3n) is 3.67. The second-order valence-electron chi connectivity index (χ2n) is 4.96. The zero-order valence-corrected chi connectivity index (χ0v) is 11.6. The van der Waals surface area contributed by atoms with Crippen LogP contribution in [0.4, 0.5) is 5.69 Å². The van der Waals surface area contributed by atoms with Gasteiger partial charge in [-0.1, -0.05) is 25.1 Å². The van der Waals surface area contributed by atoms with Crippen LogP contribution in [0.15, 0.2) is 24.3 Å². The summed E-state index contributed by atoms with van der Waals surface area (Å²) in [5, 5.41) is 3.57. The number of anilines is 1. The molecule has 0 bridgehead atoms. The Morgan fingerprint density at radius 3 is 2.94 bits per heavy atom. The molecule has 2 rings (SSSR count). The van der Waals surface area contributed by atoms with Crippen LogP contribution in [0.25, 0.3) is 0 Å². The van der Waals surface area contributed by atoms with Crippen molar-refractivity contribution in [2.24, 2.45) is 0 Å². The quantitative estimate of drug-likeness (QED) is 0.867. The predicted molar refractivity (Wildman–Crippen MR) is 76.2 cm³/mol. The van der Waals surface area contributed by atoms with Gasteiger partial charge in [-0.3, -0.25) is 0 Å². The Kier molecular flexibility index (Phi) is 4.61. The van der Waals surface area contributed by atoms with Crippen LogP contribution in [0.2, 0.25) is 0 Å². The summed E-state index contributed by atoms with van der Waals surface area (Å²) in [5.74, 6) is 0. The fraction of sp³-hybridized carbons (Fsp3) is 0.600. The minimum absolute atomic E-state index is 0.429. The summed E-state index contributed by atoms with van der Waals surface area (Å²) in [6.07, 6.45) is 1.17. The van der Waals surface area contributed by atoms with E-state index >= 15 is 0 Å². The third kappa shape index (κ3) is 2.68. The summed E-state index contributed by atoms with van der Waals surface area (Å²) < 4.78 is 5.29. The fourth-order valence-electron chi connectivity index (χ4n) is 2.84. The molecule has 0 aliphatic carbocycles. The molecular weight excluding hydrogens is 224 g/mol. The van der Waals surface area contributed by atoms with Crippen molar-refractivity contribution in [2.75, 3.05) is 31.7 Å². The highest BCUT2D eigenvalue weighted by molar-refractivity contribution is 5.57. The van der Waals surface area contributed by atoms with Crippen LogP contribution in [0, 0.1) is 0 Å². The Bertz CT molecular complexity index is 381. The monoisotopic (exact) mass is 248 g/mol. The zero-order valence-electron chi connectivity index (χ0n) is 11.6. The molecular formula is C15H24N2O. The number of hydrogen-bond acceptors (Lipinski definition) is 3. The van der Waals surface area contributed by atoms with E-state index in [1.54, 1.807) is 7.11 Å². The van der Waals surface area contributed by atoms with E-state index in [1.807, 2.05) is 0 Å². The van der Waals surface area contributed by atoms with E-state index in [0.717, 1.165) is 19.7 Å². The maximum absolute atomic E-state index is 5.29. The second kappa shape index (κ2) is 6.21. The van der Waals surface area contributed by atoms with Gasteiger partial charge in [-0.15, -0.1) is 0 Å². The standard InChI is InChI=1S/C15H24N2O/c1-4-16-14-9-10-17(12(2)11-18-3)15-8-6-5-7-13(14)15/h5-8,12,14,16H,4,9-11H2,1-3H3. The van der Waals surface area contributed by atoms with Crippen LogP contribution in [0.1, 0.15) is 31.9 Å². The first-order chi connectivity index (χ1) is 8.77. The average molecular weight is 248 g/mol. The highest BCUT2D eigenvalue weighted by atomic mass is 16.5. The van der Waals surface area contributed by atoms with Crippen molar-refractivity contribution in [1.82, 2.24) is 5.32 Å². The number of hydrogen-bond donors (Lipinski definition) is 1. The minimum Gasteiger partial charge on any atom is -0.383 e. The van der Waals surface area contributed by atoms with Gasteiger partial charge in [-0.2, -0.15) is 0 Å². The molecule has 3 heteroatoms. The van der Waals surface area contributed by atoms with Crippen LogP contribution >= 0.6 is 0 Å². The van der Waals surface area contributed by atoms with Crippen molar-refractivity contribution in [1.29, 1.82) is 0 Å². The number of nitrogens with zero attached hydrogens (tertiary/aromatic N) is 1. The van der Waals surface area contributed by atoms with Crippen LogP contribution in [-0.2, 0) is 4.74 Å². The molecule has 2 atom stereocenters. The SMILES string of the molecule is CCNC1CCN(C(C)COC)c2ccccc21. The van der Waals surface area contributed by atoms with Gasteiger partial charge in [0, 0.05) is 31.4 Å². The first-order valence-corrected chi connectivity index (χ1v) is 6.85. The van der Waals surface area contributed by atoms with Crippen molar-refractivity contribution in [3.63, 3.8) is 0 Å². The zero-order chi connectivity index (χ0) is 13.0. The number of ether oxygens (including phenoxy) is 1. The Labute approximate surface area is 110 Å². The maximum atomic E-state index is 5.29. The van der Waals surface area contributed by atoms with Crippen molar-refractivity contribution >= 4 is 5.69 Å². The van der Waals surface area contributed by atoms with Gasteiger partial charge in [0.2, 0.25) is 0 Å². The van der Waals surface area contributed by atoms with Gasteiger partial charge in [-0.05, 0) is 31.5 Å². The molecule has 2 unspecified atom stereocenters. The highest BCUT2D eigenvalue weighted by Crippen LogP contribution is 2.34. The normalized spacial score (nSPS) is 20.6. The first-order valence-electron chi connectivity index (χ1n) is 6.85.